The van der Waals surface area contributed by atoms with Gasteiger partial charge in [-0.15, -0.1) is 0 Å². The van der Waals surface area contributed by atoms with Crippen molar-refractivity contribution in [3.63, 3.8) is 0 Å². The molecule has 0 aliphatic heterocycles. The van der Waals surface area contributed by atoms with Gasteiger partial charge in [-0.3, -0.25) is 0 Å². The lowest BCUT2D eigenvalue weighted by atomic mass is 9.83. The first-order valence-corrected chi connectivity index (χ1v) is 6.58. The Morgan fingerprint density at radius 1 is 1.42 bits per heavy atom. The third-order valence-electron chi connectivity index (χ3n) is 4.17. The van der Waals surface area contributed by atoms with Gasteiger partial charge in [0.1, 0.15) is 11.6 Å². The molecule has 0 heterocycles. The largest absolute Gasteiger partial charge is 0.497 e. The van der Waals surface area contributed by atoms with E-state index in [1.807, 2.05) is 21.1 Å². The maximum absolute atomic E-state index is 14.3. The van der Waals surface area contributed by atoms with Crippen LogP contribution in [0, 0.1) is 5.82 Å². The number of hydrogen-bond donors (Lipinski definition) is 1. The molecule has 1 aromatic rings. The molecule has 1 aromatic carbocycles. The van der Waals surface area contributed by atoms with Crippen molar-refractivity contribution >= 4 is 0 Å². The standard InChI is InChI=1S/C15H25FN2O/c1-7-15(2,18(4)5)14(17-3)12-9-8-11(19-6)10-13(12)16/h8-10,14,17H,7H2,1-6H3. The highest BCUT2D eigenvalue weighted by molar-refractivity contribution is 5.32. The Hall–Kier alpha value is -1.13. The van der Waals surface area contributed by atoms with Gasteiger partial charge in [0.15, 0.2) is 0 Å². The van der Waals surface area contributed by atoms with Crippen LogP contribution in [0.5, 0.6) is 5.75 Å². The summed E-state index contributed by atoms with van der Waals surface area (Å²) in [6.45, 7) is 4.25. The summed E-state index contributed by atoms with van der Waals surface area (Å²) in [5, 5.41) is 3.25. The van der Waals surface area contributed by atoms with Crippen LogP contribution in [0.15, 0.2) is 18.2 Å². The molecule has 0 saturated heterocycles. The summed E-state index contributed by atoms with van der Waals surface area (Å²) < 4.78 is 19.3. The minimum Gasteiger partial charge on any atom is -0.497 e. The number of likely N-dealkylation sites (N-methyl/N-ethyl adjacent to an activating group) is 2. The van der Waals surface area contributed by atoms with Crippen molar-refractivity contribution < 1.29 is 9.13 Å². The van der Waals surface area contributed by atoms with Gasteiger partial charge in [0, 0.05) is 17.2 Å². The molecule has 0 amide bonds. The Bertz CT molecular complexity index is 423. The summed E-state index contributed by atoms with van der Waals surface area (Å²) in [5.74, 6) is 0.305. The Balaban J connectivity index is 3.23. The summed E-state index contributed by atoms with van der Waals surface area (Å²) in [6.07, 6.45) is 0.914. The smallest absolute Gasteiger partial charge is 0.131 e. The highest BCUT2D eigenvalue weighted by atomic mass is 19.1. The third-order valence-corrected chi connectivity index (χ3v) is 4.17. The first kappa shape index (κ1) is 15.9. The molecule has 1 rings (SSSR count). The van der Waals surface area contributed by atoms with Gasteiger partial charge in [0.2, 0.25) is 0 Å². The molecule has 0 saturated carbocycles. The van der Waals surface area contributed by atoms with Gasteiger partial charge in [0.25, 0.3) is 0 Å². The Morgan fingerprint density at radius 3 is 2.42 bits per heavy atom. The summed E-state index contributed by atoms with van der Waals surface area (Å²) in [6, 6.07) is 4.95. The molecule has 0 bridgehead atoms. The fourth-order valence-corrected chi connectivity index (χ4v) is 2.45. The summed E-state index contributed by atoms with van der Waals surface area (Å²) in [5.41, 5.74) is 0.505. The first-order valence-electron chi connectivity index (χ1n) is 6.58. The van der Waals surface area contributed by atoms with Crippen LogP contribution in [0.1, 0.15) is 31.9 Å². The maximum Gasteiger partial charge on any atom is 0.131 e. The zero-order valence-electron chi connectivity index (χ0n) is 12.7. The molecule has 108 valence electrons. The molecule has 4 heteroatoms. The number of hydrogen-bond acceptors (Lipinski definition) is 3. The number of methoxy groups -OCH3 is 1. The third kappa shape index (κ3) is 3.07. The summed E-state index contributed by atoms with van der Waals surface area (Å²) >= 11 is 0. The molecule has 0 fully saturated rings. The molecule has 0 radical (unpaired) electrons. The molecule has 0 aromatic heterocycles. The van der Waals surface area contributed by atoms with Crippen LogP contribution >= 0.6 is 0 Å². The number of ether oxygens (including phenoxy) is 1. The average Bonchev–Trinajstić information content (AvgIpc) is 2.40. The highest BCUT2D eigenvalue weighted by Gasteiger charge is 2.36. The molecular formula is C15H25FN2O. The minimum absolute atomic E-state index is 0.0848. The summed E-state index contributed by atoms with van der Waals surface area (Å²) in [4.78, 5) is 2.14. The van der Waals surface area contributed by atoms with E-state index in [4.69, 9.17) is 4.74 Å². The first-order chi connectivity index (χ1) is 8.90. The molecule has 0 spiro atoms. The fourth-order valence-electron chi connectivity index (χ4n) is 2.45. The van der Waals surface area contributed by atoms with E-state index in [-0.39, 0.29) is 17.4 Å². The van der Waals surface area contributed by atoms with E-state index in [2.05, 4.69) is 24.1 Å². The van der Waals surface area contributed by atoms with Crippen molar-refractivity contribution in [3.05, 3.63) is 29.6 Å². The van der Waals surface area contributed by atoms with E-state index >= 15 is 0 Å². The van der Waals surface area contributed by atoms with Crippen LogP contribution in [-0.2, 0) is 0 Å². The highest BCUT2D eigenvalue weighted by Crippen LogP contribution is 2.34. The zero-order valence-corrected chi connectivity index (χ0v) is 12.7. The lowest BCUT2D eigenvalue weighted by Crippen LogP contribution is -2.50. The van der Waals surface area contributed by atoms with Crippen LogP contribution < -0.4 is 10.1 Å². The molecule has 2 atom stereocenters. The Kier molecular flexibility index (Phi) is 5.32. The van der Waals surface area contributed by atoms with Crippen molar-refractivity contribution in [2.45, 2.75) is 31.8 Å². The molecule has 0 aliphatic carbocycles. The van der Waals surface area contributed by atoms with E-state index in [9.17, 15) is 4.39 Å². The minimum atomic E-state index is -0.236. The van der Waals surface area contributed by atoms with E-state index in [0.717, 1.165) is 6.42 Å². The van der Waals surface area contributed by atoms with Gasteiger partial charge in [-0.2, -0.15) is 0 Å². The Morgan fingerprint density at radius 2 is 2.05 bits per heavy atom. The van der Waals surface area contributed by atoms with Crippen LogP contribution in [0.4, 0.5) is 4.39 Å². The predicted octanol–water partition coefficient (Wildman–Crippen LogP) is 2.83. The van der Waals surface area contributed by atoms with Crippen molar-refractivity contribution in [2.75, 3.05) is 28.3 Å². The van der Waals surface area contributed by atoms with Crippen molar-refractivity contribution in [1.29, 1.82) is 0 Å². The number of nitrogens with one attached hydrogen (secondary N) is 1. The average molecular weight is 268 g/mol. The predicted molar refractivity (Wildman–Crippen MR) is 77.1 cm³/mol. The van der Waals surface area contributed by atoms with Crippen molar-refractivity contribution in [2.24, 2.45) is 0 Å². The number of rotatable bonds is 6. The Labute approximate surface area is 115 Å². The maximum atomic E-state index is 14.3. The lowest BCUT2D eigenvalue weighted by molar-refractivity contribution is 0.115. The molecule has 19 heavy (non-hydrogen) atoms. The van der Waals surface area contributed by atoms with Gasteiger partial charge in [-0.25, -0.2) is 4.39 Å². The van der Waals surface area contributed by atoms with Gasteiger partial charge in [0.05, 0.1) is 13.2 Å². The summed E-state index contributed by atoms with van der Waals surface area (Å²) in [7, 11) is 7.45. The number of benzene rings is 1. The molecule has 3 nitrogen and oxygen atoms in total. The quantitative estimate of drug-likeness (QED) is 0.858. The second-order valence-electron chi connectivity index (χ2n) is 5.21. The van der Waals surface area contributed by atoms with Crippen molar-refractivity contribution in [1.82, 2.24) is 10.2 Å². The van der Waals surface area contributed by atoms with E-state index in [0.29, 0.717) is 11.3 Å². The normalized spacial score (nSPS) is 16.2. The monoisotopic (exact) mass is 268 g/mol. The van der Waals surface area contributed by atoms with Crippen LogP contribution in [0.2, 0.25) is 0 Å². The van der Waals surface area contributed by atoms with E-state index < -0.39 is 0 Å². The molecular weight excluding hydrogens is 243 g/mol. The van der Waals surface area contributed by atoms with Crippen LogP contribution in [-0.4, -0.2) is 38.7 Å². The van der Waals surface area contributed by atoms with E-state index in [1.54, 1.807) is 19.2 Å². The van der Waals surface area contributed by atoms with Gasteiger partial charge < -0.3 is 15.0 Å². The molecule has 1 N–H and O–H groups in total. The van der Waals surface area contributed by atoms with Gasteiger partial charge in [-0.1, -0.05) is 13.0 Å². The van der Waals surface area contributed by atoms with Crippen molar-refractivity contribution in [3.8, 4) is 5.75 Å². The van der Waals surface area contributed by atoms with Crippen LogP contribution in [0.3, 0.4) is 0 Å². The van der Waals surface area contributed by atoms with Crippen LogP contribution in [0.25, 0.3) is 0 Å². The molecule has 0 aliphatic rings. The zero-order chi connectivity index (χ0) is 14.6. The topological polar surface area (TPSA) is 24.5 Å². The fraction of sp³-hybridized carbons (Fsp3) is 0.600. The number of halogens is 1. The second-order valence-corrected chi connectivity index (χ2v) is 5.21. The van der Waals surface area contributed by atoms with Gasteiger partial charge in [-0.05, 0) is 40.6 Å². The number of nitrogens with zero attached hydrogens (tertiary/aromatic N) is 1. The second kappa shape index (κ2) is 6.35. The van der Waals surface area contributed by atoms with Gasteiger partial charge >= 0.3 is 0 Å². The van der Waals surface area contributed by atoms with E-state index in [1.165, 1.54) is 6.07 Å². The lowest BCUT2D eigenvalue weighted by Gasteiger charge is -2.43. The SMILES string of the molecule is CCC(C)(C(NC)c1ccc(OC)cc1F)N(C)C. The molecule has 2 unspecified atom stereocenters.